The lowest BCUT2D eigenvalue weighted by Gasteiger charge is -2.24. The van der Waals surface area contributed by atoms with Gasteiger partial charge in [0, 0.05) is 0 Å². The summed E-state index contributed by atoms with van der Waals surface area (Å²) in [6.07, 6.45) is 1.26. The number of carbonyl (C=O) groups is 1. The SMILES string of the molecule is O=C(Cc1ccc(F)c(F)c1)NC[C@@]1(O)CCc2ccccc21. The minimum absolute atomic E-state index is 0.0606. The molecule has 0 aliphatic heterocycles. The molecule has 0 bridgehead atoms. The average molecular weight is 317 g/mol. The Morgan fingerprint density at radius 2 is 1.96 bits per heavy atom. The molecule has 3 nitrogen and oxygen atoms in total. The van der Waals surface area contributed by atoms with Crippen LogP contribution in [0.3, 0.4) is 0 Å². The van der Waals surface area contributed by atoms with Crippen molar-refractivity contribution in [3.63, 3.8) is 0 Å². The first-order valence-corrected chi connectivity index (χ1v) is 7.49. The van der Waals surface area contributed by atoms with Crippen molar-refractivity contribution in [3.8, 4) is 0 Å². The van der Waals surface area contributed by atoms with E-state index >= 15 is 0 Å². The van der Waals surface area contributed by atoms with Crippen LogP contribution in [0.15, 0.2) is 42.5 Å². The van der Waals surface area contributed by atoms with Crippen molar-refractivity contribution in [1.82, 2.24) is 5.32 Å². The van der Waals surface area contributed by atoms with Crippen LogP contribution in [-0.2, 0) is 23.2 Å². The monoisotopic (exact) mass is 317 g/mol. The van der Waals surface area contributed by atoms with Crippen molar-refractivity contribution < 1.29 is 18.7 Å². The van der Waals surface area contributed by atoms with Crippen molar-refractivity contribution in [1.29, 1.82) is 0 Å². The molecule has 3 rings (SSSR count). The molecule has 0 fully saturated rings. The number of nitrogens with one attached hydrogen (secondary N) is 1. The maximum Gasteiger partial charge on any atom is 0.224 e. The summed E-state index contributed by atoms with van der Waals surface area (Å²) < 4.78 is 26.0. The fourth-order valence-corrected chi connectivity index (χ4v) is 2.99. The molecule has 1 aliphatic rings. The third-order valence-corrected chi connectivity index (χ3v) is 4.25. The quantitative estimate of drug-likeness (QED) is 0.910. The average Bonchev–Trinajstić information content (AvgIpc) is 2.88. The Hall–Kier alpha value is -2.27. The lowest BCUT2D eigenvalue weighted by Crippen LogP contribution is -2.39. The fourth-order valence-electron chi connectivity index (χ4n) is 2.99. The summed E-state index contributed by atoms with van der Waals surface area (Å²) in [5.74, 6) is -2.25. The number of amides is 1. The number of rotatable bonds is 4. The molecular weight excluding hydrogens is 300 g/mol. The highest BCUT2D eigenvalue weighted by Gasteiger charge is 2.36. The van der Waals surface area contributed by atoms with Crippen LogP contribution in [0.5, 0.6) is 0 Å². The zero-order valence-corrected chi connectivity index (χ0v) is 12.5. The van der Waals surface area contributed by atoms with E-state index in [4.69, 9.17) is 0 Å². The van der Waals surface area contributed by atoms with Crippen LogP contribution >= 0.6 is 0 Å². The summed E-state index contributed by atoms with van der Waals surface area (Å²) in [4.78, 5) is 12.0. The summed E-state index contributed by atoms with van der Waals surface area (Å²) in [5, 5.41) is 13.4. The van der Waals surface area contributed by atoms with Crippen LogP contribution in [0, 0.1) is 11.6 Å². The lowest BCUT2D eigenvalue weighted by molar-refractivity contribution is -0.121. The molecule has 1 aliphatic carbocycles. The molecule has 2 aromatic rings. The van der Waals surface area contributed by atoms with Crippen LogP contribution < -0.4 is 5.32 Å². The number of aryl methyl sites for hydroxylation is 1. The molecule has 5 heteroatoms. The number of hydrogen-bond donors (Lipinski definition) is 2. The number of benzene rings is 2. The summed E-state index contributed by atoms with van der Waals surface area (Å²) in [5.41, 5.74) is 1.25. The van der Waals surface area contributed by atoms with E-state index in [1.54, 1.807) is 0 Å². The van der Waals surface area contributed by atoms with Gasteiger partial charge in [-0.05, 0) is 41.7 Å². The number of halogens is 2. The van der Waals surface area contributed by atoms with Crippen LogP contribution in [0.1, 0.15) is 23.1 Å². The molecule has 2 aromatic carbocycles. The molecule has 0 spiro atoms. The van der Waals surface area contributed by atoms with E-state index < -0.39 is 17.2 Å². The van der Waals surface area contributed by atoms with E-state index in [9.17, 15) is 18.7 Å². The van der Waals surface area contributed by atoms with Crippen LogP contribution in [-0.4, -0.2) is 17.6 Å². The van der Waals surface area contributed by atoms with Crippen molar-refractivity contribution in [2.45, 2.75) is 24.9 Å². The second kappa shape index (κ2) is 6.08. The molecule has 2 N–H and O–H groups in total. The highest BCUT2D eigenvalue weighted by atomic mass is 19.2. The zero-order chi connectivity index (χ0) is 16.4. The first-order chi connectivity index (χ1) is 11.0. The maximum atomic E-state index is 13.1. The van der Waals surface area contributed by atoms with Crippen LogP contribution in [0.2, 0.25) is 0 Å². The van der Waals surface area contributed by atoms with E-state index in [0.29, 0.717) is 12.0 Å². The van der Waals surface area contributed by atoms with Gasteiger partial charge in [-0.3, -0.25) is 4.79 Å². The van der Waals surface area contributed by atoms with E-state index in [1.165, 1.54) is 6.07 Å². The van der Waals surface area contributed by atoms with Gasteiger partial charge >= 0.3 is 0 Å². The summed E-state index contributed by atoms with van der Waals surface area (Å²) in [6, 6.07) is 11.0. The van der Waals surface area contributed by atoms with E-state index in [2.05, 4.69) is 5.32 Å². The Morgan fingerprint density at radius 3 is 2.74 bits per heavy atom. The Bertz CT molecular complexity index is 748. The number of aliphatic hydroxyl groups is 1. The molecule has 0 heterocycles. The van der Waals surface area contributed by atoms with E-state index in [0.717, 1.165) is 29.7 Å². The first kappa shape index (κ1) is 15.6. The normalized spacial score (nSPS) is 19.4. The van der Waals surface area contributed by atoms with Crippen molar-refractivity contribution in [2.75, 3.05) is 6.54 Å². The van der Waals surface area contributed by atoms with Gasteiger partial charge in [-0.2, -0.15) is 0 Å². The van der Waals surface area contributed by atoms with Crippen LogP contribution in [0.25, 0.3) is 0 Å². The summed E-state index contributed by atoms with van der Waals surface area (Å²) in [7, 11) is 0. The Kier molecular flexibility index (Phi) is 4.13. The van der Waals surface area contributed by atoms with Crippen molar-refractivity contribution in [3.05, 3.63) is 70.8 Å². The Labute approximate surface area is 133 Å². The van der Waals surface area contributed by atoms with Crippen LogP contribution in [0.4, 0.5) is 8.78 Å². The molecule has 1 atom stereocenters. The van der Waals surface area contributed by atoms with Gasteiger partial charge in [0.2, 0.25) is 5.91 Å². The highest BCUT2D eigenvalue weighted by Crippen LogP contribution is 2.36. The topological polar surface area (TPSA) is 49.3 Å². The third kappa shape index (κ3) is 3.24. The number of carbonyl (C=O) groups excluding carboxylic acids is 1. The lowest BCUT2D eigenvalue weighted by atomic mass is 9.96. The van der Waals surface area contributed by atoms with Gasteiger partial charge < -0.3 is 10.4 Å². The predicted molar refractivity (Wildman–Crippen MR) is 81.7 cm³/mol. The number of hydrogen-bond acceptors (Lipinski definition) is 2. The number of fused-ring (bicyclic) bond motifs is 1. The van der Waals surface area contributed by atoms with E-state index in [1.807, 2.05) is 24.3 Å². The largest absolute Gasteiger partial charge is 0.383 e. The molecule has 0 aromatic heterocycles. The first-order valence-electron chi connectivity index (χ1n) is 7.49. The molecule has 0 unspecified atom stereocenters. The van der Waals surface area contributed by atoms with Gasteiger partial charge in [0.15, 0.2) is 11.6 Å². The molecule has 120 valence electrons. The van der Waals surface area contributed by atoms with Gasteiger partial charge in [0.1, 0.15) is 5.60 Å². The standard InChI is InChI=1S/C18H17F2NO2/c19-15-6-5-12(9-16(15)20)10-17(22)21-11-18(23)8-7-13-3-1-2-4-14(13)18/h1-6,9,23H,7-8,10-11H2,(H,21,22)/t18-/m0/s1. The minimum Gasteiger partial charge on any atom is -0.383 e. The zero-order valence-electron chi connectivity index (χ0n) is 12.5. The highest BCUT2D eigenvalue weighted by molar-refractivity contribution is 5.78. The van der Waals surface area contributed by atoms with Gasteiger partial charge in [-0.25, -0.2) is 8.78 Å². The molecule has 1 amide bonds. The molecule has 0 saturated heterocycles. The minimum atomic E-state index is -1.07. The van der Waals surface area contributed by atoms with Gasteiger partial charge in [0.05, 0.1) is 13.0 Å². The second-order valence-electron chi connectivity index (χ2n) is 5.89. The Balaban J connectivity index is 1.62. The van der Waals surface area contributed by atoms with Crippen molar-refractivity contribution in [2.24, 2.45) is 0 Å². The Morgan fingerprint density at radius 1 is 1.17 bits per heavy atom. The van der Waals surface area contributed by atoms with Gasteiger partial charge in [0.25, 0.3) is 0 Å². The summed E-state index contributed by atoms with van der Waals surface area (Å²) >= 11 is 0. The second-order valence-corrected chi connectivity index (χ2v) is 5.89. The molecule has 0 saturated carbocycles. The smallest absolute Gasteiger partial charge is 0.224 e. The van der Waals surface area contributed by atoms with Gasteiger partial charge in [-0.15, -0.1) is 0 Å². The summed E-state index contributed by atoms with van der Waals surface area (Å²) in [6.45, 7) is 0.104. The molecule has 0 radical (unpaired) electrons. The molecular formula is C18H17F2NO2. The van der Waals surface area contributed by atoms with Crippen molar-refractivity contribution >= 4 is 5.91 Å². The predicted octanol–water partition coefficient (Wildman–Crippen LogP) is 2.46. The molecule has 23 heavy (non-hydrogen) atoms. The third-order valence-electron chi connectivity index (χ3n) is 4.25. The van der Waals surface area contributed by atoms with E-state index in [-0.39, 0.29) is 18.9 Å². The fraction of sp³-hybridized carbons (Fsp3) is 0.278. The van der Waals surface area contributed by atoms with Gasteiger partial charge in [-0.1, -0.05) is 30.3 Å². The maximum absolute atomic E-state index is 13.1.